The Bertz CT molecular complexity index is 811. The van der Waals surface area contributed by atoms with Gasteiger partial charge in [-0.25, -0.2) is 9.78 Å². The molecule has 2 N–H and O–H groups in total. The molecule has 0 unspecified atom stereocenters. The topological polar surface area (TPSA) is 74.3 Å². The molecule has 0 radical (unpaired) electrons. The number of hydrogen-bond acceptors (Lipinski definition) is 4. The summed E-state index contributed by atoms with van der Waals surface area (Å²) in [6, 6.07) is 5.85. The van der Waals surface area contributed by atoms with Crippen LogP contribution in [-0.4, -0.2) is 33.9 Å². The smallest absolute Gasteiger partial charge is 0.322 e. The molecule has 152 valence electrons. The number of aryl methyl sites for hydroxylation is 2. The van der Waals surface area contributed by atoms with Crippen molar-refractivity contribution in [3.8, 4) is 0 Å². The van der Waals surface area contributed by atoms with E-state index in [0.29, 0.717) is 12.2 Å². The van der Waals surface area contributed by atoms with Crippen LogP contribution < -0.4 is 10.6 Å². The molecule has 0 aliphatic carbocycles. The van der Waals surface area contributed by atoms with Crippen molar-refractivity contribution < 1.29 is 9.59 Å². The lowest BCUT2D eigenvalue weighted by atomic mass is 10.1. The van der Waals surface area contributed by atoms with Crippen molar-refractivity contribution in [1.29, 1.82) is 0 Å². The highest BCUT2D eigenvalue weighted by Gasteiger charge is 2.21. The van der Waals surface area contributed by atoms with E-state index >= 15 is 0 Å². The summed E-state index contributed by atoms with van der Waals surface area (Å²) < 4.78 is 0. The number of benzene rings is 1. The molecule has 0 aliphatic heterocycles. The van der Waals surface area contributed by atoms with Gasteiger partial charge in [0.15, 0.2) is 0 Å². The van der Waals surface area contributed by atoms with E-state index in [1.807, 2.05) is 59.7 Å². The van der Waals surface area contributed by atoms with Gasteiger partial charge < -0.3 is 15.5 Å². The Morgan fingerprint density at radius 1 is 1.18 bits per heavy atom. The number of hydrogen-bond donors (Lipinski definition) is 2. The van der Waals surface area contributed by atoms with E-state index in [-0.39, 0.29) is 24.0 Å². The van der Waals surface area contributed by atoms with Gasteiger partial charge in [0.05, 0.1) is 6.54 Å². The van der Waals surface area contributed by atoms with Crippen LogP contribution in [0.25, 0.3) is 0 Å². The highest BCUT2D eigenvalue weighted by Crippen LogP contribution is 2.21. The fourth-order valence-electron chi connectivity index (χ4n) is 2.71. The van der Waals surface area contributed by atoms with Crippen molar-refractivity contribution in [3.05, 3.63) is 45.4 Å². The Hall–Kier alpha value is -2.41. The van der Waals surface area contributed by atoms with Gasteiger partial charge in [-0.3, -0.25) is 4.79 Å². The van der Waals surface area contributed by atoms with E-state index < -0.39 is 0 Å². The summed E-state index contributed by atoms with van der Waals surface area (Å²) in [6.45, 7) is 12.2. The maximum absolute atomic E-state index is 12.9. The van der Waals surface area contributed by atoms with Crippen molar-refractivity contribution in [1.82, 2.24) is 15.2 Å². The summed E-state index contributed by atoms with van der Waals surface area (Å²) in [7, 11) is 0. The molecule has 2 rings (SSSR count). The number of nitrogens with zero attached hydrogens (tertiary/aromatic N) is 2. The second kappa shape index (κ2) is 9.68. The standard InChI is InChI=1S/C21H30N4O2S/c1-7-16(6)22-20(26)17-12-28-18(23-17)11-25(13(2)3)21(27)24-19-14(4)9-8-10-15(19)5/h8-10,12-13,16H,7,11H2,1-6H3,(H,22,26)(H,24,27)/t16-/m0/s1. The predicted octanol–water partition coefficient (Wildman–Crippen LogP) is 4.73. The fourth-order valence-corrected chi connectivity index (χ4v) is 3.48. The SMILES string of the molecule is CC[C@H](C)NC(=O)c1csc(CN(C(=O)Nc2c(C)cccc2C)C(C)C)n1. The summed E-state index contributed by atoms with van der Waals surface area (Å²) in [5, 5.41) is 8.42. The number of carbonyl (C=O) groups excluding carboxylic acids is 2. The van der Waals surface area contributed by atoms with Crippen molar-refractivity contribution in [2.24, 2.45) is 0 Å². The Labute approximate surface area is 171 Å². The minimum absolute atomic E-state index is 0.00869. The number of urea groups is 1. The first-order valence-corrected chi connectivity index (χ1v) is 10.5. The Morgan fingerprint density at radius 3 is 2.39 bits per heavy atom. The molecule has 7 heteroatoms. The maximum Gasteiger partial charge on any atom is 0.322 e. The van der Waals surface area contributed by atoms with Crippen molar-refractivity contribution >= 4 is 29.0 Å². The van der Waals surface area contributed by atoms with Crippen LogP contribution in [0.4, 0.5) is 10.5 Å². The third kappa shape index (κ3) is 5.55. The molecular formula is C21H30N4O2S. The summed E-state index contributed by atoms with van der Waals surface area (Å²) in [5.74, 6) is -0.173. The number of anilines is 1. The number of carbonyl (C=O) groups is 2. The molecule has 0 bridgehead atoms. The average molecular weight is 403 g/mol. The number of amides is 3. The molecule has 2 aromatic rings. The van der Waals surface area contributed by atoms with Gasteiger partial charge in [-0.1, -0.05) is 25.1 Å². The van der Waals surface area contributed by atoms with Gasteiger partial charge in [0.25, 0.3) is 5.91 Å². The molecule has 0 fully saturated rings. The van der Waals surface area contributed by atoms with E-state index in [1.165, 1.54) is 11.3 Å². The van der Waals surface area contributed by atoms with Gasteiger partial charge in [-0.2, -0.15) is 0 Å². The fraction of sp³-hybridized carbons (Fsp3) is 0.476. The minimum Gasteiger partial charge on any atom is -0.348 e. The Morgan fingerprint density at radius 2 is 1.82 bits per heavy atom. The summed E-state index contributed by atoms with van der Waals surface area (Å²) in [5.41, 5.74) is 3.29. The first-order valence-electron chi connectivity index (χ1n) is 9.62. The molecule has 3 amide bonds. The third-order valence-corrected chi connectivity index (χ3v) is 5.51. The largest absolute Gasteiger partial charge is 0.348 e. The predicted molar refractivity (Wildman–Crippen MR) is 115 cm³/mol. The molecule has 1 heterocycles. The highest BCUT2D eigenvalue weighted by atomic mass is 32.1. The second-order valence-electron chi connectivity index (χ2n) is 7.33. The summed E-state index contributed by atoms with van der Waals surface area (Å²) in [4.78, 5) is 31.3. The Kier molecular flexibility index (Phi) is 7.57. The van der Waals surface area contributed by atoms with E-state index in [2.05, 4.69) is 15.6 Å². The zero-order chi connectivity index (χ0) is 20.8. The van der Waals surface area contributed by atoms with E-state index in [4.69, 9.17) is 0 Å². The van der Waals surface area contributed by atoms with Crippen LogP contribution in [0.15, 0.2) is 23.6 Å². The van der Waals surface area contributed by atoms with Crippen LogP contribution in [0.5, 0.6) is 0 Å². The molecule has 28 heavy (non-hydrogen) atoms. The van der Waals surface area contributed by atoms with Crippen LogP contribution in [-0.2, 0) is 6.54 Å². The van der Waals surface area contributed by atoms with E-state index in [9.17, 15) is 9.59 Å². The van der Waals surface area contributed by atoms with E-state index in [1.54, 1.807) is 10.3 Å². The normalized spacial score (nSPS) is 12.0. The third-order valence-electron chi connectivity index (χ3n) is 4.68. The molecule has 0 saturated carbocycles. The van der Waals surface area contributed by atoms with Gasteiger partial charge in [0, 0.05) is 23.2 Å². The average Bonchev–Trinajstić information content (AvgIpc) is 3.11. The number of thiazole rings is 1. The molecule has 1 aromatic heterocycles. The van der Waals surface area contributed by atoms with Crippen molar-refractivity contribution in [2.45, 2.75) is 66.6 Å². The van der Waals surface area contributed by atoms with Crippen LogP contribution in [0, 0.1) is 13.8 Å². The summed E-state index contributed by atoms with van der Waals surface area (Å²) >= 11 is 1.39. The molecule has 0 spiro atoms. The van der Waals surface area contributed by atoms with Crippen LogP contribution >= 0.6 is 11.3 Å². The molecule has 1 atom stereocenters. The molecule has 0 saturated heterocycles. The lowest BCUT2D eigenvalue weighted by Crippen LogP contribution is -2.39. The van der Waals surface area contributed by atoms with Gasteiger partial charge >= 0.3 is 6.03 Å². The van der Waals surface area contributed by atoms with Gasteiger partial charge in [-0.05, 0) is 52.2 Å². The van der Waals surface area contributed by atoms with Crippen LogP contribution in [0.1, 0.15) is 60.7 Å². The first-order chi connectivity index (χ1) is 13.2. The first kappa shape index (κ1) is 21.9. The van der Waals surface area contributed by atoms with Crippen molar-refractivity contribution in [3.63, 3.8) is 0 Å². The van der Waals surface area contributed by atoms with Crippen LogP contribution in [0.3, 0.4) is 0 Å². The quantitative estimate of drug-likeness (QED) is 0.703. The lowest BCUT2D eigenvalue weighted by molar-refractivity contribution is 0.0934. The van der Waals surface area contributed by atoms with Gasteiger partial charge in [0.2, 0.25) is 0 Å². The van der Waals surface area contributed by atoms with E-state index in [0.717, 1.165) is 28.2 Å². The van der Waals surface area contributed by atoms with Gasteiger partial charge in [-0.15, -0.1) is 11.3 Å². The van der Waals surface area contributed by atoms with Crippen molar-refractivity contribution in [2.75, 3.05) is 5.32 Å². The molecule has 6 nitrogen and oxygen atoms in total. The lowest BCUT2D eigenvalue weighted by Gasteiger charge is -2.27. The Balaban J connectivity index is 2.11. The zero-order valence-corrected chi connectivity index (χ0v) is 18.3. The van der Waals surface area contributed by atoms with Crippen LogP contribution in [0.2, 0.25) is 0 Å². The second-order valence-corrected chi connectivity index (χ2v) is 8.27. The van der Waals surface area contributed by atoms with Gasteiger partial charge in [0.1, 0.15) is 10.7 Å². The number of rotatable bonds is 7. The maximum atomic E-state index is 12.9. The molecular weight excluding hydrogens is 372 g/mol. The molecule has 1 aromatic carbocycles. The number of nitrogens with one attached hydrogen (secondary N) is 2. The monoisotopic (exact) mass is 402 g/mol. The minimum atomic E-state index is -0.173. The summed E-state index contributed by atoms with van der Waals surface area (Å²) in [6.07, 6.45) is 0.863. The number of aromatic nitrogens is 1. The molecule has 0 aliphatic rings. The zero-order valence-electron chi connectivity index (χ0n) is 17.5. The number of para-hydroxylation sites is 1. The highest BCUT2D eigenvalue weighted by molar-refractivity contribution is 7.09.